The summed E-state index contributed by atoms with van der Waals surface area (Å²) in [7, 11) is 2.66. The molecular weight excluding hydrogens is 440 g/mol. The number of benzene rings is 2. The Morgan fingerprint density at radius 1 is 0.929 bits per heavy atom. The van der Waals surface area contributed by atoms with E-state index >= 15 is 0 Å². The van der Waals surface area contributed by atoms with Crippen molar-refractivity contribution in [3.63, 3.8) is 0 Å². The Balaban J connectivity index is 2.05. The number of carboxylic acids is 1. The first-order chi connectivity index (χ1) is 13.3. The molecule has 0 saturated heterocycles. The molecule has 0 fully saturated rings. The number of hydrogen-bond donors (Lipinski definition) is 3. The molecule has 2 aromatic rings. The van der Waals surface area contributed by atoms with Gasteiger partial charge in [-0.05, 0) is 36.4 Å². The van der Waals surface area contributed by atoms with Crippen LogP contribution in [0, 0.1) is 0 Å². The van der Waals surface area contributed by atoms with Crippen molar-refractivity contribution in [3.05, 3.63) is 59.7 Å². The molecule has 28 heavy (non-hydrogen) atoms. The zero-order valence-corrected chi connectivity index (χ0v) is 17.5. The van der Waals surface area contributed by atoms with Crippen molar-refractivity contribution in [1.82, 2.24) is 0 Å². The Kier molecular flexibility index (Phi) is 8.49. The van der Waals surface area contributed by atoms with Crippen LogP contribution in [0.5, 0.6) is 0 Å². The molecule has 0 bridgehead atoms. The van der Waals surface area contributed by atoms with Crippen LogP contribution >= 0.6 is 46.8 Å². The third-order valence-electron chi connectivity index (χ3n) is 3.27. The lowest BCUT2D eigenvalue weighted by Gasteiger charge is -2.13. The highest BCUT2D eigenvalue weighted by molar-refractivity contribution is 8.76. The molecule has 0 aliphatic carbocycles. The minimum absolute atomic E-state index is 0.184. The molecule has 146 valence electrons. The summed E-state index contributed by atoms with van der Waals surface area (Å²) in [5.74, 6) is -1.77. The van der Waals surface area contributed by atoms with Gasteiger partial charge < -0.3 is 9.84 Å². The van der Waals surface area contributed by atoms with E-state index in [1.54, 1.807) is 36.4 Å². The Morgan fingerprint density at radius 3 is 1.96 bits per heavy atom. The summed E-state index contributed by atoms with van der Waals surface area (Å²) in [4.78, 5) is 47.2. The highest BCUT2D eigenvalue weighted by Crippen LogP contribution is 2.37. The van der Waals surface area contributed by atoms with Gasteiger partial charge in [-0.15, -0.1) is 25.3 Å². The molecule has 0 saturated carbocycles. The topological polar surface area (TPSA) is 97.7 Å². The van der Waals surface area contributed by atoms with Crippen molar-refractivity contribution in [1.29, 1.82) is 0 Å². The molecule has 2 aromatic carbocycles. The number of thiol groups is 2. The highest BCUT2D eigenvalue weighted by Gasteiger charge is 2.23. The maximum atomic E-state index is 12.3. The van der Waals surface area contributed by atoms with Crippen LogP contribution in [0.3, 0.4) is 0 Å². The van der Waals surface area contributed by atoms with Gasteiger partial charge in [-0.3, -0.25) is 9.59 Å². The molecule has 0 aromatic heterocycles. The van der Waals surface area contributed by atoms with E-state index in [-0.39, 0.29) is 17.5 Å². The molecule has 0 radical (unpaired) electrons. The molecular formula is C18H14O6S4. The van der Waals surface area contributed by atoms with Gasteiger partial charge in [-0.1, -0.05) is 33.7 Å². The molecule has 0 amide bonds. The van der Waals surface area contributed by atoms with Crippen molar-refractivity contribution in [2.45, 2.75) is 22.3 Å². The van der Waals surface area contributed by atoms with E-state index in [0.717, 1.165) is 9.79 Å². The average Bonchev–Trinajstić information content (AvgIpc) is 2.65. The van der Waals surface area contributed by atoms with E-state index in [1.807, 2.05) is 0 Å². The summed E-state index contributed by atoms with van der Waals surface area (Å²) in [6.07, 6.45) is -1.66. The number of aromatic carboxylic acids is 1. The smallest absolute Gasteiger partial charge is 0.338 e. The minimum Gasteiger partial charge on any atom is -0.478 e. The van der Waals surface area contributed by atoms with Crippen LogP contribution in [0.25, 0.3) is 0 Å². The minimum atomic E-state index is -1.30. The fourth-order valence-electron chi connectivity index (χ4n) is 1.99. The van der Waals surface area contributed by atoms with Gasteiger partial charge in [0.25, 0.3) is 0 Å². The molecule has 1 atom stereocenters. The van der Waals surface area contributed by atoms with Crippen molar-refractivity contribution < 1.29 is 29.0 Å². The standard InChI is InChI=1S/C18H14O6S4/c19-15(25)9-14(18(23)26)24-17(22)11-4-2-6-13(8-11)28-27-12-5-1-3-10(7-12)16(20)21/h1-8,14H,9H2,(H,19,25)(H,20,21)(H,23,26). The highest BCUT2D eigenvalue weighted by atomic mass is 33.1. The van der Waals surface area contributed by atoms with Crippen LogP contribution in [-0.4, -0.2) is 33.4 Å². The van der Waals surface area contributed by atoms with Crippen LogP contribution in [0.2, 0.25) is 0 Å². The lowest BCUT2D eigenvalue weighted by molar-refractivity contribution is -0.123. The molecule has 1 unspecified atom stereocenters. The Morgan fingerprint density at radius 2 is 1.46 bits per heavy atom. The summed E-state index contributed by atoms with van der Waals surface area (Å²) in [6, 6.07) is 13.0. The fourth-order valence-corrected chi connectivity index (χ4v) is 4.31. The molecule has 10 heteroatoms. The number of rotatable bonds is 9. The van der Waals surface area contributed by atoms with Gasteiger partial charge in [0.05, 0.1) is 17.5 Å². The molecule has 1 N–H and O–H groups in total. The van der Waals surface area contributed by atoms with Gasteiger partial charge in [0, 0.05) is 9.79 Å². The Hall–Kier alpha value is -1.88. The summed E-state index contributed by atoms with van der Waals surface area (Å²) >= 11 is 7.20. The first-order valence-corrected chi connectivity index (χ1v) is 10.7. The second kappa shape index (κ2) is 10.6. The van der Waals surface area contributed by atoms with E-state index in [9.17, 15) is 19.2 Å². The Labute approximate surface area is 179 Å². The second-order valence-corrected chi connectivity index (χ2v) is 8.57. The maximum absolute atomic E-state index is 12.3. The fraction of sp³-hybridized carbons (Fsp3) is 0.111. The number of esters is 1. The lowest BCUT2D eigenvalue weighted by Crippen LogP contribution is -2.26. The number of carboxylic acid groups (broad SMARTS) is 1. The first kappa shape index (κ1) is 22.4. The Bertz CT molecular complexity index is 914. The second-order valence-electron chi connectivity index (χ2n) is 5.36. The molecule has 0 heterocycles. The summed E-state index contributed by atoms with van der Waals surface area (Å²) < 4.78 is 5.05. The quantitative estimate of drug-likeness (QED) is 0.297. The molecule has 2 rings (SSSR count). The number of carbonyl (C=O) groups excluding carboxylic acids is 3. The van der Waals surface area contributed by atoms with Gasteiger partial charge >= 0.3 is 11.9 Å². The SMILES string of the molecule is O=C(S)CC(OC(=O)c1cccc(SSc2cccc(C(=O)O)c2)c1)C(=O)S. The van der Waals surface area contributed by atoms with Crippen molar-refractivity contribution in [2.24, 2.45) is 0 Å². The average molecular weight is 455 g/mol. The zero-order valence-electron chi connectivity index (χ0n) is 14.1. The van der Waals surface area contributed by atoms with Crippen LogP contribution in [0.4, 0.5) is 0 Å². The van der Waals surface area contributed by atoms with Crippen molar-refractivity contribution in [3.8, 4) is 0 Å². The van der Waals surface area contributed by atoms with Gasteiger partial charge in [0.15, 0.2) is 11.2 Å². The van der Waals surface area contributed by atoms with Gasteiger partial charge in [-0.25, -0.2) is 9.59 Å². The van der Waals surface area contributed by atoms with E-state index in [4.69, 9.17) is 9.84 Å². The third-order valence-corrected chi connectivity index (χ3v) is 6.12. The van der Waals surface area contributed by atoms with E-state index in [0.29, 0.717) is 0 Å². The number of hydrogen-bond acceptors (Lipinski definition) is 7. The summed E-state index contributed by atoms with van der Waals surface area (Å²) in [6.45, 7) is 0. The van der Waals surface area contributed by atoms with Gasteiger partial charge in [0.2, 0.25) is 5.12 Å². The van der Waals surface area contributed by atoms with Crippen LogP contribution < -0.4 is 0 Å². The molecule has 0 aliphatic heterocycles. The van der Waals surface area contributed by atoms with Gasteiger partial charge in [0.1, 0.15) is 0 Å². The van der Waals surface area contributed by atoms with Crippen LogP contribution in [0.15, 0.2) is 58.3 Å². The van der Waals surface area contributed by atoms with E-state index < -0.39 is 28.3 Å². The van der Waals surface area contributed by atoms with Crippen LogP contribution in [-0.2, 0) is 14.3 Å². The predicted octanol–water partition coefficient (Wildman–Crippen LogP) is 4.01. The third kappa shape index (κ3) is 6.93. The lowest BCUT2D eigenvalue weighted by atomic mass is 10.2. The van der Waals surface area contributed by atoms with Gasteiger partial charge in [-0.2, -0.15) is 0 Å². The van der Waals surface area contributed by atoms with Crippen molar-refractivity contribution >= 4 is 69.0 Å². The van der Waals surface area contributed by atoms with Crippen LogP contribution in [0.1, 0.15) is 27.1 Å². The summed E-state index contributed by atoms with van der Waals surface area (Å²) in [5, 5.41) is 7.70. The number of ether oxygens (including phenoxy) is 1. The predicted molar refractivity (Wildman–Crippen MR) is 113 cm³/mol. The normalized spacial score (nSPS) is 11.5. The molecule has 0 spiro atoms. The van der Waals surface area contributed by atoms with Crippen molar-refractivity contribution in [2.75, 3.05) is 0 Å². The molecule has 6 nitrogen and oxygen atoms in total. The number of carbonyl (C=O) groups is 4. The van der Waals surface area contributed by atoms with E-state index in [2.05, 4.69) is 25.3 Å². The monoisotopic (exact) mass is 454 g/mol. The maximum Gasteiger partial charge on any atom is 0.338 e. The summed E-state index contributed by atoms with van der Waals surface area (Å²) in [5.41, 5.74) is 0.389. The largest absolute Gasteiger partial charge is 0.478 e. The van der Waals surface area contributed by atoms with E-state index in [1.165, 1.54) is 33.7 Å². The zero-order chi connectivity index (χ0) is 20.7. The first-order valence-electron chi connectivity index (χ1n) is 7.70. The molecule has 0 aliphatic rings.